The molecule has 57 heavy (non-hydrogen) atoms. The second-order valence-corrected chi connectivity index (χ2v) is 17.8. The summed E-state index contributed by atoms with van der Waals surface area (Å²) in [6, 6.07) is 41.5. The lowest BCUT2D eigenvalue weighted by molar-refractivity contribution is 0.359. The number of rotatable bonds is 3. The largest absolute Gasteiger partial charge is 0.456 e. The van der Waals surface area contributed by atoms with Gasteiger partial charge in [-0.25, -0.2) is 9.36 Å². The van der Waals surface area contributed by atoms with Gasteiger partial charge in [0.25, 0.3) is 11.1 Å². The second kappa shape index (κ2) is 10.9. The molecule has 4 heterocycles. The van der Waals surface area contributed by atoms with E-state index in [1.807, 2.05) is 9.36 Å². The SMILES string of the molecule is O=c1c2cc3c(cc2n2n1-c1cc(-c4c(-c5ccccc5)cccc4-c4ccccc4)cc4c1B2n1c2cc5c(cc2c(=O)n1-4)C1CCC5CC1)C1CCC3CC1. The van der Waals surface area contributed by atoms with Crippen molar-refractivity contribution in [1.29, 1.82) is 0 Å². The van der Waals surface area contributed by atoms with Gasteiger partial charge in [-0.2, -0.15) is 0 Å². The third kappa shape index (κ3) is 3.88. The normalized spacial score (nSPS) is 21.6. The Balaban J connectivity index is 1.12. The van der Waals surface area contributed by atoms with Crippen LogP contribution >= 0.6 is 0 Å². The van der Waals surface area contributed by atoms with Crippen LogP contribution in [0.1, 0.15) is 97.3 Å². The summed E-state index contributed by atoms with van der Waals surface area (Å²) in [5.41, 5.74) is 17.0. The average molecular weight is 739 g/mol. The molecule has 0 radical (unpaired) electrons. The van der Waals surface area contributed by atoms with E-state index >= 15 is 9.59 Å². The topological polar surface area (TPSA) is 53.9 Å². The van der Waals surface area contributed by atoms with Gasteiger partial charge in [0.05, 0.1) is 33.2 Å². The van der Waals surface area contributed by atoms with E-state index in [0.717, 1.165) is 72.0 Å². The first kappa shape index (κ1) is 31.1. The molecule has 0 saturated heterocycles. The van der Waals surface area contributed by atoms with Crippen LogP contribution in [0.25, 0.3) is 66.6 Å². The number of benzene rings is 6. The lowest BCUT2D eigenvalue weighted by Gasteiger charge is -2.38. The number of hydrogen-bond acceptors (Lipinski definition) is 2. The lowest BCUT2D eigenvalue weighted by Crippen LogP contribution is -2.39. The average Bonchev–Trinajstić information content (AvgIpc) is 3.97. The Morgan fingerprint density at radius 3 is 1.26 bits per heavy atom. The lowest BCUT2D eigenvalue weighted by atomic mass is 9.65. The number of aromatic nitrogens is 4. The van der Waals surface area contributed by atoms with E-state index in [9.17, 15) is 0 Å². The van der Waals surface area contributed by atoms with Gasteiger partial charge in [0, 0.05) is 5.46 Å². The fourth-order valence-corrected chi connectivity index (χ4v) is 12.7. The van der Waals surface area contributed by atoms with Crippen LogP contribution in [0.4, 0.5) is 0 Å². The molecule has 8 aromatic rings. The van der Waals surface area contributed by atoms with E-state index in [1.165, 1.54) is 73.6 Å². The van der Waals surface area contributed by atoms with Crippen molar-refractivity contribution in [3.05, 3.63) is 158 Å². The summed E-state index contributed by atoms with van der Waals surface area (Å²) >= 11 is 0. The van der Waals surface area contributed by atoms with E-state index in [4.69, 9.17) is 0 Å². The fourth-order valence-electron chi connectivity index (χ4n) is 12.7. The van der Waals surface area contributed by atoms with Gasteiger partial charge in [0.2, 0.25) is 0 Å². The molecule has 0 unspecified atom stereocenters. The van der Waals surface area contributed by atoms with Gasteiger partial charge < -0.3 is 0 Å². The van der Waals surface area contributed by atoms with Gasteiger partial charge >= 0.3 is 6.98 Å². The molecule has 0 N–H and O–H groups in total. The summed E-state index contributed by atoms with van der Waals surface area (Å²) in [6.07, 6.45) is 9.78. The molecule has 0 atom stereocenters. The van der Waals surface area contributed by atoms with Crippen LogP contribution in [0.15, 0.2) is 125 Å². The fraction of sp³-hybridized carbons (Fsp3) is 0.240. The smallest absolute Gasteiger partial charge is 0.291 e. The molecule has 2 fully saturated rings. The van der Waals surface area contributed by atoms with Gasteiger partial charge in [-0.3, -0.25) is 18.8 Å². The van der Waals surface area contributed by atoms with Crippen molar-refractivity contribution in [3.8, 4) is 44.8 Å². The molecule has 4 bridgehead atoms. The molecule has 2 aliphatic heterocycles. The molecule has 16 rings (SSSR count). The summed E-state index contributed by atoms with van der Waals surface area (Å²) in [5, 5.41) is 1.58. The minimum Gasteiger partial charge on any atom is -0.291 e. The standard InChI is InChI=1S/C50H39BN4O2/c56-49-41-24-37-30-14-18-32(19-15-30)39(37)26-43(41)54-51-48-45(52(49)54)22-34(47-35(28-8-3-1-4-9-28)12-7-13-36(47)29-10-5-2-6-11-29)23-46(48)53-50(57)42-25-38-31-16-20-33(21-17-31)40(38)27-44(42)55(51)53/h1-13,22-27,30-33H,14-21H2. The Labute approximate surface area is 329 Å². The zero-order valence-electron chi connectivity index (χ0n) is 31.6. The second-order valence-electron chi connectivity index (χ2n) is 17.8. The van der Waals surface area contributed by atoms with E-state index in [-0.39, 0.29) is 18.1 Å². The molecular formula is C50H39BN4O2. The molecule has 8 aliphatic rings. The monoisotopic (exact) mass is 738 g/mol. The minimum absolute atomic E-state index is 0.0303. The molecule has 7 heteroatoms. The quantitative estimate of drug-likeness (QED) is 0.170. The molecule has 2 saturated carbocycles. The van der Waals surface area contributed by atoms with Gasteiger partial charge in [0.1, 0.15) is 0 Å². The highest BCUT2D eigenvalue weighted by Gasteiger charge is 2.49. The molecule has 6 aliphatic carbocycles. The zero-order chi connectivity index (χ0) is 37.3. The molecule has 2 aromatic heterocycles. The summed E-state index contributed by atoms with van der Waals surface area (Å²) < 4.78 is 8.46. The van der Waals surface area contributed by atoms with Crippen LogP contribution in [-0.2, 0) is 0 Å². The van der Waals surface area contributed by atoms with Crippen molar-refractivity contribution in [2.75, 3.05) is 0 Å². The maximum atomic E-state index is 15.1. The van der Waals surface area contributed by atoms with Crippen LogP contribution in [0.3, 0.4) is 0 Å². The molecular weight excluding hydrogens is 699 g/mol. The number of nitrogens with zero attached hydrogens (tertiary/aromatic N) is 4. The molecule has 274 valence electrons. The Kier molecular flexibility index (Phi) is 5.92. The Morgan fingerprint density at radius 1 is 0.439 bits per heavy atom. The summed E-state index contributed by atoms with van der Waals surface area (Å²) in [6.45, 7) is -0.352. The Hall–Kier alpha value is -6.08. The highest BCUT2D eigenvalue weighted by Crippen LogP contribution is 2.52. The van der Waals surface area contributed by atoms with Crippen LogP contribution in [0, 0.1) is 0 Å². The number of fused-ring (bicyclic) bond motifs is 14. The van der Waals surface area contributed by atoms with Crippen molar-refractivity contribution in [2.45, 2.75) is 75.0 Å². The zero-order valence-corrected chi connectivity index (χ0v) is 31.6. The minimum atomic E-state index is -0.352. The maximum absolute atomic E-state index is 15.1. The van der Waals surface area contributed by atoms with E-state index < -0.39 is 0 Å². The highest BCUT2D eigenvalue weighted by atomic mass is 16.1. The van der Waals surface area contributed by atoms with Crippen LogP contribution in [-0.4, -0.2) is 25.5 Å². The Morgan fingerprint density at radius 2 is 0.842 bits per heavy atom. The first-order chi connectivity index (χ1) is 28.1. The van der Waals surface area contributed by atoms with Crippen molar-refractivity contribution in [3.63, 3.8) is 0 Å². The van der Waals surface area contributed by atoms with Crippen molar-refractivity contribution >= 4 is 34.3 Å². The molecule has 0 amide bonds. The molecule has 6 nitrogen and oxygen atoms in total. The third-order valence-electron chi connectivity index (χ3n) is 15.2. The van der Waals surface area contributed by atoms with Gasteiger partial charge in [-0.15, -0.1) is 0 Å². The predicted molar refractivity (Wildman–Crippen MR) is 229 cm³/mol. The molecule has 0 spiro atoms. The first-order valence-corrected chi connectivity index (χ1v) is 21.2. The third-order valence-corrected chi connectivity index (χ3v) is 15.2. The molecule has 6 aromatic carbocycles. The van der Waals surface area contributed by atoms with Crippen LogP contribution < -0.4 is 16.6 Å². The van der Waals surface area contributed by atoms with Crippen LogP contribution in [0.2, 0.25) is 0 Å². The summed E-state index contributed by atoms with van der Waals surface area (Å²) in [5.74, 6) is 2.18. The first-order valence-electron chi connectivity index (χ1n) is 21.2. The van der Waals surface area contributed by atoms with E-state index in [0.29, 0.717) is 23.7 Å². The van der Waals surface area contributed by atoms with Crippen molar-refractivity contribution < 1.29 is 0 Å². The van der Waals surface area contributed by atoms with E-state index in [2.05, 4.69) is 124 Å². The van der Waals surface area contributed by atoms with Gasteiger partial charge in [0.15, 0.2) is 0 Å². The van der Waals surface area contributed by atoms with E-state index in [1.54, 1.807) is 0 Å². The van der Waals surface area contributed by atoms with Gasteiger partial charge in [-0.05, 0) is 167 Å². The Bertz CT molecular complexity index is 3000. The summed E-state index contributed by atoms with van der Waals surface area (Å²) in [4.78, 5) is 30.2. The number of hydrogen-bond donors (Lipinski definition) is 0. The van der Waals surface area contributed by atoms with Crippen LogP contribution in [0.5, 0.6) is 0 Å². The maximum Gasteiger partial charge on any atom is 0.456 e. The van der Waals surface area contributed by atoms with Crippen molar-refractivity contribution in [1.82, 2.24) is 18.5 Å². The predicted octanol–water partition coefficient (Wildman–Crippen LogP) is 9.83. The summed E-state index contributed by atoms with van der Waals surface area (Å²) in [7, 11) is 0. The van der Waals surface area contributed by atoms with Gasteiger partial charge in [-0.1, -0.05) is 78.9 Å². The van der Waals surface area contributed by atoms with Crippen molar-refractivity contribution in [2.24, 2.45) is 0 Å². The highest BCUT2D eigenvalue weighted by molar-refractivity contribution is 6.76.